The standard InChI is InChI=1S/C15H18F2O/c16-13-7-6-12(15(17)10-13)9-14(18)8-5-11-3-1-2-4-11/h6-7,10-11H,1-5,8-9H2. The Balaban J connectivity index is 1.82. The summed E-state index contributed by atoms with van der Waals surface area (Å²) in [6.45, 7) is 0. The van der Waals surface area contributed by atoms with Gasteiger partial charge < -0.3 is 0 Å². The van der Waals surface area contributed by atoms with Crippen LogP contribution >= 0.6 is 0 Å². The Kier molecular flexibility index (Phi) is 4.45. The molecule has 1 aromatic rings. The van der Waals surface area contributed by atoms with E-state index in [1.807, 2.05) is 0 Å². The van der Waals surface area contributed by atoms with Crippen LogP contribution in [0.15, 0.2) is 18.2 Å². The van der Waals surface area contributed by atoms with Crippen molar-refractivity contribution in [2.75, 3.05) is 0 Å². The molecule has 0 atom stereocenters. The molecule has 1 aromatic carbocycles. The monoisotopic (exact) mass is 252 g/mol. The summed E-state index contributed by atoms with van der Waals surface area (Å²) in [5, 5.41) is 0. The van der Waals surface area contributed by atoms with Gasteiger partial charge in [0.15, 0.2) is 0 Å². The summed E-state index contributed by atoms with van der Waals surface area (Å²) < 4.78 is 26.1. The van der Waals surface area contributed by atoms with Crippen LogP contribution in [0.2, 0.25) is 0 Å². The number of rotatable bonds is 5. The number of halogens is 2. The van der Waals surface area contributed by atoms with Gasteiger partial charge in [-0.25, -0.2) is 8.78 Å². The molecule has 0 aliphatic heterocycles. The van der Waals surface area contributed by atoms with Gasteiger partial charge in [0.05, 0.1) is 0 Å². The van der Waals surface area contributed by atoms with Crippen molar-refractivity contribution in [2.24, 2.45) is 5.92 Å². The van der Waals surface area contributed by atoms with E-state index < -0.39 is 11.6 Å². The number of ketones is 1. The maximum absolute atomic E-state index is 13.4. The predicted molar refractivity (Wildman–Crippen MR) is 66.3 cm³/mol. The first-order valence-electron chi connectivity index (χ1n) is 6.61. The van der Waals surface area contributed by atoms with E-state index in [-0.39, 0.29) is 12.2 Å². The Morgan fingerprint density at radius 3 is 2.61 bits per heavy atom. The van der Waals surface area contributed by atoms with Crippen molar-refractivity contribution in [2.45, 2.75) is 44.9 Å². The van der Waals surface area contributed by atoms with E-state index in [0.29, 0.717) is 17.9 Å². The molecule has 0 amide bonds. The largest absolute Gasteiger partial charge is 0.299 e. The van der Waals surface area contributed by atoms with Gasteiger partial charge in [-0.1, -0.05) is 31.7 Å². The van der Waals surface area contributed by atoms with Crippen LogP contribution in [0.3, 0.4) is 0 Å². The van der Waals surface area contributed by atoms with Gasteiger partial charge in [-0.2, -0.15) is 0 Å². The fourth-order valence-electron chi connectivity index (χ4n) is 2.63. The minimum Gasteiger partial charge on any atom is -0.299 e. The fraction of sp³-hybridized carbons (Fsp3) is 0.533. The van der Waals surface area contributed by atoms with Gasteiger partial charge in [0.25, 0.3) is 0 Å². The summed E-state index contributed by atoms with van der Waals surface area (Å²) >= 11 is 0. The summed E-state index contributed by atoms with van der Waals surface area (Å²) in [5.74, 6) is -0.502. The van der Waals surface area contributed by atoms with Crippen LogP contribution in [0.25, 0.3) is 0 Å². The van der Waals surface area contributed by atoms with Gasteiger partial charge in [-0.3, -0.25) is 4.79 Å². The minimum absolute atomic E-state index is 0.0485. The lowest BCUT2D eigenvalue weighted by Gasteiger charge is -2.08. The highest BCUT2D eigenvalue weighted by Crippen LogP contribution is 2.28. The van der Waals surface area contributed by atoms with E-state index in [2.05, 4.69) is 0 Å². The van der Waals surface area contributed by atoms with Crippen molar-refractivity contribution in [3.05, 3.63) is 35.4 Å². The third kappa shape index (κ3) is 3.62. The van der Waals surface area contributed by atoms with Crippen LogP contribution in [0, 0.1) is 17.6 Å². The first-order valence-corrected chi connectivity index (χ1v) is 6.61. The molecular weight excluding hydrogens is 234 g/mol. The van der Waals surface area contributed by atoms with Crippen LogP contribution in [0.4, 0.5) is 8.78 Å². The van der Waals surface area contributed by atoms with E-state index in [1.165, 1.54) is 37.8 Å². The second-order valence-corrected chi connectivity index (χ2v) is 5.14. The van der Waals surface area contributed by atoms with Gasteiger partial charge in [0.2, 0.25) is 0 Å². The molecule has 0 N–H and O–H groups in total. The van der Waals surface area contributed by atoms with Crippen molar-refractivity contribution in [3.8, 4) is 0 Å². The average molecular weight is 252 g/mol. The molecule has 2 rings (SSSR count). The SMILES string of the molecule is O=C(CCC1CCCC1)Cc1ccc(F)cc1F. The van der Waals surface area contributed by atoms with Gasteiger partial charge in [0, 0.05) is 18.9 Å². The van der Waals surface area contributed by atoms with Crippen LogP contribution in [-0.4, -0.2) is 5.78 Å². The molecule has 98 valence electrons. The summed E-state index contributed by atoms with van der Waals surface area (Å²) in [4.78, 5) is 11.7. The number of carbonyl (C=O) groups is 1. The zero-order valence-corrected chi connectivity index (χ0v) is 10.4. The zero-order valence-electron chi connectivity index (χ0n) is 10.4. The van der Waals surface area contributed by atoms with Crippen molar-refractivity contribution < 1.29 is 13.6 Å². The van der Waals surface area contributed by atoms with Gasteiger partial charge in [0.1, 0.15) is 17.4 Å². The van der Waals surface area contributed by atoms with Gasteiger partial charge in [-0.05, 0) is 24.0 Å². The minimum atomic E-state index is -0.621. The van der Waals surface area contributed by atoms with Crippen LogP contribution < -0.4 is 0 Å². The van der Waals surface area contributed by atoms with E-state index in [1.54, 1.807) is 0 Å². The van der Waals surface area contributed by atoms with Crippen molar-refractivity contribution in [3.63, 3.8) is 0 Å². The Labute approximate surface area is 106 Å². The number of benzene rings is 1. The van der Waals surface area contributed by atoms with E-state index >= 15 is 0 Å². The first-order chi connectivity index (χ1) is 8.65. The molecule has 0 saturated heterocycles. The van der Waals surface area contributed by atoms with Crippen LogP contribution in [0.5, 0.6) is 0 Å². The molecule has 0 spiro atoms. The molecule has 0 bridgehead atoms. The molecule has 1 fully saturated rings. The third-order valence-electron chi connectivity index (χ3n) is 3.71. The van der Waals surface area contributed by atoms with Gasteiger partial charge >= 0.3 is 0 Å². The third-order valence-corrected chi connectivity index (χ3v) is 3.71. The maximum Gasteiger partial charge on any atom is 0.137 e. The fourth-order valence-corrected chi connectivity index (χ4v) is 2.63. The molecule has 3 heteroatoms. The van der Waals surface area contributed by atoms with Gasteiger partial charge in [-0.15, -0.1) is 0 Å². The molecule has 1 saturated carbocycles. The summed E-state index contributed by atoms with van der Waals surface area (Å²) in [6.07, 6.45) is 6.50. The number of hydrogen-bond donors (Lipinski definition) is 0. The number of carbonyl (C=O) groups excluding carboxylic acids is 1. The Morgan fingerprint density at radius 2 is 1.94 bits per heavy atom. The first kappa shape index (κ1) is 13.2. The molecule has 0 unspecified atom stereocenters. The molecule has 1 aliphatic rings. The Bertz CT molecular complexity index is 423. The lowest BCUT2D eigenvalue weighted by Crippen LogP contribution is -2.07. The Hall–Kier alpha value is -1.25. The summed E-state index contributed by atoms with van der Waals surface area (Å²) in [6, 6.07) is 3.39. The lowest BCUT2D eigenvalue weighted by atomic mass is 9.97. The molecule has 18 heavy (non-hydrogen) atoms. The van der Waals surface area contributed by atoms with Crippen LogP contribution in [-0.2, 0) is 11.2 Å². The molecule has 0 heterocycles. The highest BCUT2D eigenvalue weighted by molar-refractivity contribution is 5.80. The van der Waals surface area contributed by atoms with Crippen molar-refractivity contribution in [1.82, 2.24) is 0 Å². The predicted octanol–water partition coefficient (Wildman–Crippen LogP) is 4.05. The highest BCUT2D eigenvalue weighted by Gasteiger charge is 2.16. The summed E-state index contributed by atoms with van der Waals surface area (Å²) in [5.41, 5.74) is 0.299. The number of Topliss-reactive ketones (excluding diaryl/α,β-unsaturated/α-hetero) is 1. The van der Waals surface area contributed by atoms with E-state index in [0.717, 1.165) is 12.5 Å². The topological polar surface area (TPSA) is 17.1 Å². The molecule has 0 aromatic heterocycles. The quantitative estimate of drug-likeness (QED) is 0.772. The molecule has 0 radical (unpaired) electrons. The smallest absolute Gasteiger partial charge is 0.137 e. The number of hydrogen-bond acceptors (Lipinski definition) is 1. The van der Waals surface area contributed by atoms with E-state index in [4.69, 9.17) is 0 Å². The van der Waals surface area contributed by atoms with Crippen molar-refractivity contribution >= 4 is 5.78 Å². The van der Waals surface area contributed by atoms with Crippen LogP contribution in [0.1, 0.15) is 44.1 Å². The normalized spacial score (nSPS) is 16.1. The Morgan fingerprint density at radius 1 is 1.22 bits per heavy atom. The molecule has 1 nitrogen and oxygen atoms in total. The lowest BCUT2D eigenvalue weighted by molar-refractivity contribution is -0.118. The van der Waals surface area contributed by atoms with Crippen molar-refractivity contribution in [1.29, 1.82) is 0 Å². The molecule has 1 aliphatic carbocycles. The summed E-state index contributed by atoms with van der Waals surface area (Å²) in [7, 11) is 0. The second kappa shape index (κ2) is 6.07. The van der Waals surface area contributed by atoms with E-state index in [9.17, 15) is 13.6 Å². The zero-order chi connectivity index (χ0) is 13.0. The highest BCUT2D eigenvalue weighted by atomic mass is 19.1. The average Bonchev–Trinajstić information content (AvgIpc) is 2.83. The molecular formula is C15H18F2O. The second-order valence-electron chi connectivity index (χ2n) is 5.14. The maximum atomic E-state index is 13.4.